The number of para-hydroxylation sites is 2. The van der Waals surface area contributed by atoms with Gasteiger partial charge in [-0.2, -0.15) is 0 Å². The molecule has 1 fully saturated rings. The van der Waals surface area contributed by atoms with Crippen molar-refractivity contribution in [3.63, 3.8) is 0 Å². The van der Waals surface area contributed by atoms with Gasteiger partial charge in [0.05, 0.1) is 35.8 Å². The van der Waals surface area contributed by atoms with Crippen LogP contribution in [0.15, 0.2) is 123 Å². The Morgan fingerprint density at radius 1 is 0.659 bits per heavy atom. The molecule has 5 aromatic rings. The van der Waals surface area contributed by atoms with E-state index in [2.05, 4.69) is 16.7 Å². The topological polar surface area (TPSA) is 76.1 Å². The molecule has 0 atom stereocenters. The van der Waals surface area contributed by atoms with Crippen LogP contribution in [0.3, 0.4) is 0 Å². The van der Waals surface area contributed by atoms with Crippen LogP contribution in [0.4, 0.5) is 17.1 Å². The lowest BCUT2D eigenvalue weighted by Crippen LogP contribution is -2.30. The number of anilines is 1. The Bertz CT molecular complexity index is 1840. The van der Waals surface area contributed by atoms with Gasteiger partial charge >= 0.3 is 0 Å². The first-order valence-corrected chi connectivity index (χ1v) is 14.4. The third kappa shape index (κ3) is 5.65. The van der Waals surface area contributed by atoms with E-state index in [1.807, 2.05) is 103 Å². The molecule has 0 amide bonds. The first-order chi connectivity index (χ1) is 20.1. The number of hydrogen-bond acceptors (Lipinski definition) is 8. The predicted octanol–water partition coefficient (Wildman–Crippen LogP) is 7.14. The summed E-state index contributed by atoms with van der Waals surface area (Å²) in [6, 6.07) is 33.5. The van der Waals surface area contributed by atoms with Crippen molar-refractivity contribution in [3.8, 4) is 11.5 Å². The number of methoxy groups -OCH3 is 2. The Balaban J connectivity index is 1.51. The Kier molecular flexibility index (Phi) is 7.66. The first-order valence-electron chi connectivity index (χ1n) is 12.8. The van der Waals surface area contributed by atoms with Gasteiger partial charge in [0.2, 0.25) is 9.97 Å². The van der Waals surface area contributed by atoms with Crippen molar-refractivity contribution in [2.75, 3.05) is 19.1 Å². The fraction of sp³-hybridized carbons (Fsp3) is 0.0968. The highest BCUT2D eigenvalue weighted by Crippen LogP contribution is 2.33. The van der Waals surface area contributed by atoms with Gasteiger partial charge < -0.3 is 14.0 Å². The van der Waals surface area contributed by atoms with Crippen LogP contribution in [-0.4, -0.2) is 34.8 Å². The molecular formula is C31H26N6O2S2. The zero-order chi connectivity index (χ0) is 28.2. The van der Waals surface area contributed by atoms with Crippen molar-refractivity contribution < 1.29 is 9.47 Å². The standard InChI is InChI=1S/C31H26N6O2S2/c1-36-26-11-7-8-12-27(26)40-30(36)34-35-31-37(23-9-5-4-6-10-23)28(32-21-13-17-24(38-2)18-14-21)29(41-31)33-22-15-19-25(39-3)20-16-22/h4-20H,1-3H3. The molecule has 1 saturated heterocycles. The van der Waals surface area contributed by atoms with Crippen molar-refractivity contribution in [3.05, 3.63) is 108 Å². The molecule has 6 rings (SSSR count). The van der Waals surface area contributed by atoms with Crippen molar-refractivity contribution in [1.82, 2.24) is 4.57 Å². The van der Waals surface area contributed by atoms with Crippen LogP contribution >= 0.6 is 23.1 Å². The second kappa shape index (κ2) is 11.8. The van der Waals surface area contributed by atoms with E-state index in [9.17, 15) is 0 Å². The van der Waals surface area contributed by atoms with E-state index in [1.54, 1.807) is 25.6 Å². The van der Waals surface area contributed by atoms with E-state index in [4.69, 9.17) is 29.7 Å². The molecule has 2 heterocycles. The lowest BCUT2D eigenvalue weighted by atomic mass is 10.3. The largest absolute Gasteiger partial charge is 0.497 e. The van der Waals surface area contributed by atoms with Crippen molar-refractivity contribution in [2.45, 2.75) is 0 Å². The van der Waals surface area contributed by atoms with Gasteiger partial charge in [-0.05, 0) is 84.6 Å². The number of benzene rings is 4. The van der Waals surface area contributed by atoms with E-state index in [0.29, 0.717) is 16.0 Å². The number of aliphatic imine (C=N–C) groups is 2. The van der Waals surface area contributed by atoms with Crippen LogP contribution in [-0.2, 0) is 7.05 Å². The van der Waals surface area contributed by atoms with Crippen molar-refractivity contribution >= 4 is 66.4 Å². The minimum atomic E-state index is 0.646. The summed E-state index contributed by atoms with van der Waals surface area (Å²) in [5.74, 6) is 2.18. The maximum Gasteiger partial charge on any atom is 0.211 e. The number of nitrogens with zero attached hydrogens (tertiary/aromatic N) is 6. The maximum absolute atomic E-state index is 5.34. The summed E-state index contributed by atoms with van der Waals surface area (Å²) in [4.78, 5) is 12.8. The minimum Gasteiger partial charge on any atom is -0.497 e. The summed E-state index contributed by atoms with van der Waals surface area (Å²) >= 11 is 3.02. The number of thiazole rings is 1. The van der Waals surface area contributed by atoms with Crippen molar-refractivity contribution in [1.29, 1.82) is 0 Å². The van der Waals surface area contributed by atoms with Crippen LogP contribution < -0.4 is 19.2 Å². The highest BCUT2D eigenvalue weighted by atomic mass is 32.2. The molecule has 1 aliphatic heterocycles. The van der Waals surface area contributed by atoms with Crippen LogP contribution in [0, 0.1) is 0 Å². The molecule has 204 valence electrons. The number of aryl methyl sites for hydroxylation is 1. The zero-order valence-electron chi connectivity index (χ0n) is 22.6. The molecule has 1 aromatic heterocycles. The SMILES string of the molecule is COc1ccc(N=C2SC(=NN=c3sc4ccccc4n3C)N(c3ccccc3)C2=Nc2ccc(OC)cc2)cc1. The Labute approximate surface area is 245 Å². The quantitative estimate of drug-likeness (QED) is 0.201. The molecule has 0 spiro atoms. The van der Waals surface area contributed by atoms with Gasteiger partial charge in [0.15, 0.2) is 5.84 Å². The number of hydrogen-bond donors (Lipinski definition) is 0. The summed E-state index contributed by atoms with van der Waals surface area (Å²) in [6.07, 6.45) is 0. The maximum atomic E-state index is 5.34. The number of amidine groups is 2. The highest BCUT2D eigenvalue weighted by Gasteiger charge is 2.35. The zero-order valence-corrected chi connectivity index (χ0v) is 24.3. The van der Waals surface area contributed by atoms with E-state index in [-0.39, 0.29) is 0 Å². The fourth-order valence-corrected chi connectivity index (χ4v) is 6.11. The normalized spacial score (nSPS) is 16.8. The minimum absolute atomic E-state index is 0.646. The average Bonchev–Trinajstić information content (AvgIpc) is 3.53. The molecule has 0 bridgehead atoms. The van der Waals surface area contributed by atoms with Crippen LogP contribution in [0.5, 0.6) is 11.5 Å². The van der Waals surface area contributed by atoms with Gasteiger partial charge in [-0.15, -0.1) is 10.2 Å². The fourth-order valence-electron chi connectivity index (χ4n) is 4.23. The monoisotopic (exact) mass is 578 g/mol. The third-order valence-electron chi connectivity index (χ3n) is 6.34. The van der Waals surface area contributed by atoms with Crippen LogP contribution in [0.2, 0.25) is 0 Å². The van der Waals surface area contributed by atoms with Gasteiger partial charge in [-0.25, -0.2) is 9.98 Å². The predicted molar refractivity (Wildman–Crippen MR) is 170 cm³/mol. The molecule has 0 saturated carbocycles. The number of fused-ring (bicyclic) bond motifs is 1. The molecule has 41 heavy (non-hydrogen) atoms. The Morgan fingerprint density at radius 2 is 1.27 bits per heavy atom. The Morgan fingerprint density at radius 3 is 1.90 bits per heavy atom. The molecule has 1 aliphatic rings. The number of aromatic nitrogens is 1. The van der Waals surface area contributed by atoms with E-state index < -0.39 is 0 Å². The first kappa shape index (κ1) is 26.5. The molecule has 4 aromatic carbocycles. The van der Waals surface area contributed by atoms with E-state index in [0.717, 1.165) is 43.6 Å². The summed E-state index contributed by atoms with van der Waals surface area (Å²) in [7, 11) is 5.30. The number of ether oxygens (including phenoxy) is 2. The lowest BCUT2D eigenvalue weighted by Gasteiger charge is -2.17. The molecule has 0 unspecified atom stereocenters. The molecule has 0 aliphatic carbocycles. The number of rotatable bonds is 6. The van der Waals surface area contributed by atoms with Gasteiger partial charge in [0.1, 0.15) is 16.5 Å². The third-order valence-corrected chi connectivity index (χ3v) is 8.36. The summed E-state index contributed by atoms with van der Waals surface area (Å²) < 4.78 is 13.9. The summed E-state index contributed by atoms with van der Waals surface area (Å²) in [6.45, 7) is 0. The van der Waals surface area contributed by atoms with E-state index in [1.165, 1.54) is 11.8 Å². The second-order valence-corrected chi connectivity index (χ2v) is 10.9. The molecule has 0 N–H and O–H groups in total. The van der Waals surface area contributed by atoms with Gasteiger partial charge in [-0.1, -0.05) is 41.7 Å². The Hall–Kier alpha value is -4.67. The van der Waals surface area contributed by atoms with E-state index >= 15 is 0 Å². The van der Waals surface area contributed by atoms with Crippen LogP contribution in [0.1, 0.15) is 0 Å². The molecule has 10 heteroatoms. The molecular weight excluding hydrogens is 553 g/mol. The molecule has 8 nitrogen and oxygen atoms in total. The van der Waals surface area contributed by atoms with Crippen LogP contribution in [0.25, 0.3) is 10.2 Å². The van der Waals surface area contributed by atoms with Crippen molar-refractivity contribution in [2.24, 2.45) is 27.2 Å². The second-order valence-electron chi connectivity index (χ2n) is 8.92. The number of thioether (sulfide) groups is 1. The van der Waals surface area contributed by atoms with Gasteiger partial charge in [-0.3, -0.25) is 4.90 Å². The van der Waals surface area contributed by atoms with Gasteiger partial charge in [0, 0.05) is 12.7 Å². The van der Waals surface area contributed by atoms with Gasteiger partial charge in [0.25, 0.3) is 0 Å². The smallest absolute Gasteiger partial charge is 0.211 e. The average molecular weight is 579 g/mol. The highest BCUT2D eigenvalue weighted by molar-refractivity contribution is 8.29. The molecule has 0 radical (unpaired) electrons. The summed E-state index contributed by atoms with van der Waals surface area (Å²) in [5, 5.41) is 10.8. The summed E-state index contributed by atoms with van der Waals surface area (Å²) in [5.41, 5.74) is 3.55. The lowest BCUT2D eigenvalue weighted by molar-refractivity contribution is 0.415.